The number of ketones is 1. The number of nitrogens with one attached hydrogen (secondary N) is 1. The van der Waals surface area contributed by atoms with E-state index in [1.165, 1.54) is 6.92 Å². The number of amides is 1. The van der Waals surface area contributed by atoms with E-state index in [0.717, 1.165) is 19.3 Å². The highest BCUT2D eigenvalue weighted by Crippen LogP contribution is 2.32. The molecule has 0 aliphatic rings. The number of halogens is 1. The Hall–Kier alpha value is -2.79. The highest BCUT2D eigenvalue weighted by atomic mass is 35.5. The average Bonchev–Trinajstić information content (AvgIpc) is 3.09. The Kier molecular flexibility index (Phi) is 7.52. The molecule has 0 radical (unpaired) electrons. The van der Waals surface area contributed by atoms with Crippen LogP contribution in [0.1, 0.15) is 54.8 Å². The smallest absolute Gasteiger partial charge is 0.221 e. The highest BCUT2D eigenvalue weighted by Gasteiger charge is 2.22. The molecule has 1 heterocycles. The van der Waals surface area contributed by atoms with Gasteiger partial charge in [-0.25, -0.2) is 0 Å². The van der Waals surface area contributed by atoms with Gasteiger partial charge < -0.3 is 14.5 Å². The maximum absolute atomic E-state index is 13.4. The summed E-state index contributed by atoms with van der Waals surface area (Å²) < 4.78 is 11.6. The fourth-order valence-corrected chi connectivity index (χ4v) is 3.39. The zero-order valence-electron chi connectivity index (χ0n) is 17.3. The molecule has 0 bridgehead atoms. The minimum atomic E-state index is -0.165. The molecule has 0 aliphatic carbocycles. The zero-order chi connectivity index (χ0) is 21.5. The first-order valence-corrected chi connectivity index (χ1v) is 10.7. The van der Waals surface area contributed by atoms with E-state index in [1.54, 1.807) is 42.5 Å². The maximum atomic E-state index is 13.4. The van der Waals surface area contributed by atoms with Crippen molar-refractivity contribution in [3.8, 4) is 5.75 Å². The van der Waals surface area contributed by atoms with Crippen molar-refractivity contribution in [2.45, 2.75) is 39.5 Å². The Morgan fingerprint density at radius 3 is 2.53 bits per heavy atom. The van der Waals surface area contributed by atoms with Gasteiger partial charge in [0, 0.05) is 35.9 Å². The van der Waals surface area contributed by atoms with Crippen molar-refractivity contribution in [1.29, 1.82) is 0 Å². The van der Waals surface area contributed by atoms with Gasteiger partial charge in [-0.3, -0.25) is 9.59 Å². The summed E-state index contributed by atoms with van der Waals surface area (Å²) in [4.78, 5) is 24.8. The minimum absolute atomic E-state index is 0.105. The number of fused-ring (bicyclic) bond motifs is 1. The van der Waals surface area contributed by atoms with Crippen molar-refractivity contribution in [2.24, 2.45) is 0 Å². The Balaban J connectivity index is 1.96. The summed E-state index contributed by atoms with van der Waals surface area (Å²) in [6.45, 7) is 4.09. The molecule has 0 aliphatic heterocycles. The molecule has 2 aromatic carbocycles. The van der Waals surface area contributed by atoms with Crippen LogP contribution in [-0.4, -0.2) is 24.2 Å². The fourth-order valence-electron chi connectivity index (χ4n) is 3.28. The van der Waals surface area contributed by atoms with Gasteiger partial charge in [-0.2, -0.15) is 0 Å². The van der Waals surface area contributed by atoms with Crippen LogP contribution in [0.3, 0.4) is 0 Å². The lowest BCUT2D eigenvalue weighted by molar-refractivity contribution is -0.114. The fraction of sp³-hybridized carbons (Fsp3) is 0.333. The molecule has 0 saturated heterocycles. The molecule has 6 heteroatoms. The average molecular weight is 428 g/mol. The van der Waals surface area contributed by atoms with Crippen LogP contribution in [-0.2, 0) is 11.2 Å². The molecular formula is C24H26ClNO4. The second kappa shape index (κ2) is 10.3. The van der Waals surface area contributed by atoms with Gasteiger partial charge in [-0.15, -0.1) is 11.6 Å². The number of carbonyl (C=O) groups is 2. The van der Waals surface area contributed by atoms with Crippen LogP contribution in [0.15, 0.2) is 46.9 Å². The SMILES string of the molecule is CCCCc1oc2ccc(NC(C)=O)cc2c1C(=O)c1ccc(OCCCCl)cc1. The van der Waals surface area contributed by atoms with E-state index in [2.05, 4.69) is 12.2 Å². The number of furan rings is 1. The van der Waals surface area contributed by atoms with Crippen LogP contribution in [0.25, 0.3) is 11.0 Å². The minimum Gasteiger partial charge on any atom is -0.494 e. The molecule has 30 heavy (non-hydrogen) atoms. The third kappa shape index (κ3) is 5.22. The van der Waals surface area contributed by atoms with Gasteiger partial charge in [0.05, 0.1) is 12.2 Å². The van der Waals surface area contributed by atoms with Crippen molar-refractivity contribution >= 4 is 39.9 Å². The molecule has 0 spiro atoms. The predicted molar refractivity (Wildman–Crippen MR) is 120 cm³/mol. The molecule has 3 rings (SSSR count). The molecule has 0 saturated carbocycles. The van der Waals surface area contributed by atoms with E-state index in [9.17, 15) is 9.59 Å². The third-order valence-electron chi connectivity index (χ3n) is 4.73. The van der Waals surface area contributed by atoms with E-state index in [0.29, 0.717) is 58.2 Å². The Morgan fingerprint density at radius 1 is 1.10 bits per heavy atom. The van der Waals surface area contributed by atoms with Crippen molar-refractivity contribution in [3.63, 3.8) is 0 Å². The summed E-state index contributed by atoms with van der Waals surface area (Å²) in [5.41, 5.74) is 2.39. The van der Waals surface area contributed by atoms with Crippen molar-refractivity contribution < 1.29 is 18.7 Å². The van der Waals surface area contributed by atoms with Gasteiger partial charge in [0.1, 0.15) is 17.1 Å². The summed E-state index contributed by atoms with van der Waals surface area (Å²) in [6.07, 6.45) is 3.37. The summed E-state index contributed by atoms with van der Waals surface area (Å²) >= 11 is 5.67. The summed E-state index contributed by atoms with van der Waals surface area (Å²) in [7, 11) is 0. The van der Waals surface area contributed by atoms with Gasteiger partial charge >= 0.3 is 0 Å². The van der Waals surface area contributed by atoms with Crippen molar-refractivity contribution in [3.05, 3.63) is 59.4 Å². The molecule has 5 nitrogen and oxygen atoms in total. The topological polar surface area (TPSA) is 68.5 Å². The molecule has 0 atom stereocenters. The molecule has 1 aromatic heterocycles. The Labute approximate surface area is 181 Å². The predicted octanol–water partition coefficient (Wildman–Crippen LogP) is 5.97. The van der Waals surface area contributed by atoms with Crippen LogP contribution in [0.4, 0.5) is 5.69 Å². The van der Waals surface area contributed by atoms with Crippen LogP contribution in [0.2, 0.25) is 0 Å². The number of alkyl halides is 1. The standard InChI is InChI=1S/C24H26ClNO4/c1-3-4-6-22-23(20-15-18(26-16(2)27)9-12-21(20)30-22)24(28)17-7-10-19(11-8-17)29-14-5-13-25/h7-12,15H,3-6,13-14H2,1-2H3,(H,26,27). The van der Waals surface area contributed by atoms with Crippen molar-refractivity contribution in [2.75, 3.05) is 17.8 Å². The first-order valence-electron chi connectivity index (χ1n) is 10.2. The van der Waals surface area contributed by atoms with Gasteiger partial charge in [-0.05, 0) is 55.3 Å². The summed E-state index contributed by atoms with van der Waals surface area (Å²) in [6, 6.07) is 12.5. The van der Waals surface area contributed by atoms with Gasteiger partial charge in [-0.1, -0.05) is 13.3 Å². The van der Waals surface area contributed by atoms with Gasteiger partial charge in [0.2, 0.25) is 5.91 Å². The summed E-state index contributed by atoms with van der Waals surface area (Å²) in [5, 5.41) is 3.48. The first-order chi connectivity index (χ1) is 14.5. The Bertz CT molecular complexity index is 1020. The molecule has 3 aromatic rings. The molecule has 1 N–H and O–H groups in total. The maximum Gasteiger partial charge on any atom is 0.221 e. The number of hydrogen-bond acceptors (Lipinski definition) is 4. The van der Waals surface area contributed by atoms with Crippen LogP contribution in [0, 0.1) is 0 Å². The number of ether oxygens (including phenoxy) is 1. The lowest BCUT2D eigenvalue weighted by Crippen LogP contribution is -2.06. The van der Waals surface area contributed by atoms with Crippen LogP contribution in [0.5, 0.6) is 5.75 Å². The molecule has 158 valence electrons. The van der Waals surface area contributed by atoms with E-state index < -0.39 is 0 Å². The second-order valence-electron chi connectivity index (χ2n) is 7.14. The zero-order valence-corrected chi connectivity index (χ0v) is 18.1. The van der Waals surface area contributed by atoms with Crippen LogP contribution >= 0.6 is 11.6 Å². The number of hydrogen-bond donors (Lipinski definition) is 1. The number of anilines is 1. The molecule has 0 fully saturated rings. The number of unbranched alkanes of at least 4 members (excludes halogenated alkanes) is 1. The monoisotopic (exact) mass is 427 g/mol. The first kappa shape index (κ1) is 21.9. The quantitative estimate of drug-likeness (QED) is 0.246. The lowest BCUT2D eigenvalue weighted by atomic mass is 9.98. The number of aryl methyl sites for hydroxylation is 1. The highest BCUT2D eigenvalue weighted by molar-refractivity contribution is 6.18. The van der Waals surface area contributed by atoms with Gasteiger partial charge in [0.25, 0.3) is 0 Å². The number of benzene rings is 2. The van der Waals surface area contributed by atoms with Crippen LogP contribution < -0.4 is 10.1 Å². The molecular weight excluding hydrogens is 402 g/mol. The van der Waals surface area contributed by atoms with E-state index in [4.69, 9.17) is 20.8 Å². The van der Waals surface area contributed by atoms with E-state index >= 15 is 0 Å². The summed E-state index contributed by atoms with van der Waals surface area (Å²) in [5.74, 6) is 1.66. The third-order valence-corrected chi connectivity index (χ3v) is 5.00. The number of rotatable bonds is 10. The number of carbonyl (C=O) groups excluding carboxylic acids is 2. The molecule has 0 unspecified atom stereocenters. The van der Waals surface area contributed by atoms with Gasteiger partial charge in [0.15, 0.2) is 5.78 Å². The lowest BCUT2D eigenvalue weighted by Gasteiger charge is -2.07. The Morgan fingerprint density at radius 2 is 1.87 bits per heavy atom. The normalized spacial score (nSPS) is 10.9. The van der Waals surface area contributed by atoms with E-state index in [1.807, 2.05) is 0 Å². The molecule has 1 amide bonds. The van der Waals surface area contributed by atoms with E-state index in [-0.39, 0.29) is 11.7 Å². The van der Waals surface area contributed by atoms with Crippen molar-refractivity contribution in [1.82, 2.24) is 0 Å². The largest absolute Gasteiger partial charge is 0.494 e. The second-order valence-corrected chi connectivity index (χ2v) is 7.52.